The van der Waals surface area contributed by atoms with Crippen LogP contribution in [0.25, 0.3) is 0 Å². The quantitative estimate of drug-likeness (QED) is 0.578. The zero-order valence-electron chi connectivity index (χ0n) is 7.72. The Balaban J connectivity index is 3.82. The van der Waals surface area contributed by atoms with Gasteiger partial charge in [0.15, 0.2) is 0 Å². The number of hydrogen-bond donors (Lipinski definition) is 2. The van der Waals surface area contributed by atoms with Gasteiger partial charge in [0, 0.05) is 6.54 Å². The molecule has 1 atom stereocenters. The Labute approximate surface area is 73.2 Å². The molecule has 0 radical (unpaired) electrons. The standard InChI is InChI=1S/C9H15NO2/c1-5-8(12)10-6-7(11)9(2,3)4/h1,7,11H,6H2,2-4H3,(H,10,12). The summed E-state index contributed by atoms with van der Waals surface area (Å²) >= 11 is 0. The molecule has 0 spiro atoms. The summed E-state index contributed by atoms with van der Waals surface area (Å²) in [4.78, 5) is 10.6. The zero-order valence-corrected chi connectivity index (χ0v) is 7.72. The first-order chi connectivity index (χ1) is 5.38. The lowest BCUT2D eigenvalue weighted by Crippen LogP contribution is -2.38. The van der Waals surface area contributed by atoms with Crippen LogP contribution in [-0.2, 0) is 4.79 Å². The zero-order chi connectivity index (χ0) is 9.78. The third-order valence-corrected chi connectivity index (χ3v) is 1.59. The summed E-state index contributed by atoms with van der Waals surface area (Å²) < 4.78 is 0. The number of aliphatic hydroxyl groups excluding tert-OH is 1. The van der Waals surface area contributed by atoms with Crippen molar-refractivity contribution < 1.29 is 9.90 Å². The minimum atomic E-state index is -0.574. The van der Waals surface area contributed by atoms with Gasteiger partial charge in [-0.05, 0) is 11.3 Å². The molecule has 0 aliphatic heterocycles. The van der Waals surface area contributed by atoms with Crippen molar-refractivity contribution in [3.63, 3.8) is 0 Å². The predicted octanol–water partition coefficient (Wildman–Crippen LogP) is 0.143. The van der Waals surface area contributed by atoms with E-state index < -0.39 is 12.0 Å². The molecule has 0 saturated carbocycles. The van der Waals surface area contributed by atoms with Crippen LogP contribution in [0.2, 0.25) is 0 Å². The fraction of sp³-hybridized carbons (Fsp3) is 0.667. The van der Waals surface area contributed by atoms with Gasteiger partial charge in [-0.1, -0.05) is 20.8 Å². The summed E-state index contributed by atoms with van der Waals surface area (Å²) in [6.45, 7) is 5.87. The van der Waals surface area contributed by atoms with Crippen molar-refractivity contribution in [3.8, 4) is 12.3 Å². The number of amides is 1. The van der Waals surface area contributed by atoms with Gasteiger partial charge >= 0.3 is 0 Å². The average Bonchev–Trinajstić information content (AvgIpc) is 1.97. The molecule has 0 aromatic carbocycles. The summed E-state index contributed by atoms with van der Waals surface area (Å²) in [5.74, 6) is 1.42. The highest BCUT2D eigenvalue weighted by Crippen LogP contribution is 2.17. The first-order valence-electron chi connectivity index (χ1n) is 3.80. The fourth-order valence-electron chi connectivity index (χ4n) is 0.547. The molecule has 0 aliphatic rings. The van der Waals surface area contributed by atoms with Crippen molar-refractivity contribution in [2.24, 2.45) is 5.41 Å². The van der Waals surface area contributed by atoms with Crippen LogP contribution in [0, 0.1) is 17.8 Å². The van der Waals surface area contributed by atoms with Crippen LogP contribution in [0.3, 0.4) is 0 Å². The van der Waals surface area contributed by atoms with E-state index in [9.17, 15) is 9.90 Å². The van der Waals surface area contributed by atoms with E-state index >= 15 is 0 Å². The van der Waals surface area contributed by atoms with E-state index in [2.05, 4.69) is 5.32 Å². The van der Waals surface area contributed by atoms with Crippen molar-refractivity contribution in [3.05, 3.63) is 0 Å². The van der Waals surface area contributed by atoms with E-state index in [0.29, 0.717) is 0 Å². The van der Waals surface area contributed by atoms with Crippen molar-refractivity contribution in [2.45, 2.75) is 26.9 Å². The van der Waals surface area contributed by atoms with Crippen LogP contribution in [0.5, 0.6) is 0 Å². The Bertz CT molecular complexity index is 198. The Kier molecular flexibility index (Phi) is 3.78. The first-order valence-corrected chi connectivity index (χ1v) is 3.80. The molecule has 12 heavy (non-hydrogen) atoms. The van der Waals surface area contributed by atoms with Crippen LogP contribution in [0.15, 0.2) is 0 Å². The number of carbonyl (C=O) groups excluding carboxylic acids is 1. The molecule has 0 aliphatic carbocycles. The summed E-state index contributed by atoms with van der Waals surface area (Å²) in [6.07, 6.45) is 4.25. The summed E-state index contributed by atoms with van der Waals surface area (Å²) in [5.41, 5.74) is -0.234. The second-order valence-electron chi connectivity index (χ2n) is 3.74. The molecule has 3 nitrogen and oxygen atoms in total. The minimum Gasteiger partial charge on any atom is -0.391 e. The van der Waals surface area contributed by atoms with Crippen molar-refractivity contribution in [2.75, 3.05) is 6.54 Å². The maximum Gasteiger partial charge on any atom is 0.295 e. The van der Waals surface area contributed by atoms with Gasteiger partial charge in [0.2, 0.25) is 0 Å². The Morgan fingerprint density at radius 1 is 1.67 bits per heavy atom. The lowest BCUT2D eigenvalue weighted by Gasteiger charge is -2.25. The number of carbonyl (C=O) groups is 1. The molecule has 0 saturated heterocycles. The van der Waals surface area contributed by atoms with Gasteiger partial charge in [-0.25, -0.2) is 0 Å². The van der Waals surface area contributed by atoms with E-state index in [0.717, 1.165) is 0 Å². The highest BCUT2D eigenvalue weighted by Gasteiger charge is 2.21. The van der Waals surface area contributed by atoms with Crippen LogP contribution in [-0.4, -0.2) is 23.7 Å². The summed E-state index contributed by atoms with van der Waals surface area (Å²) in [5, 5.41) is 11.9. The largest absolute Gasteiger partial charge is 0.391 e. The lowest BCUT2D eigenvalue weighted by atomic mass is 9.89. The predicted molar refractivity (Wildman–Crippen MR) is 47.3 cm³/mol. The Morgan fingerprint density at radius 2 is 2.17 bits per heavy atom. The van der Waals surface area contributed by atoms with E-state index in [4.69, 9.17) is 6.42 Å². The smallest absolute Gasteiger partial charge is 0.295 e. The van der Waals surface area contributed by atoms with Crippen LogP contribution in [0.4, 0.5) is 0 Å². The Hall–Kier alpha value is -1.01. The van der Waals surface area contributed by atoms with Gasteiger partial charge in [0.05, 0.1) is 6.10 Å². The highest BCUT2D eigenvalue weighted by molar-refractivity contribution is 5.92. The molecule has 3 heteroatoms. The molecule has 2 N–H and O–H groups in total. The van der Waals surface area contributed by atoms with E-state index in [-0.39, 0.29) is 12.0 Å². The molecule has 1 unspecified atom stereocenters. The molecule has 0 heterocycles. The van der Waals surface area contributed by atoms with Gasteiger partial charge in [0.1, 0.15) is 0 Å². The minimum absolute atomic E-state index is 0.201. The monoisotopic (exact) mass is 169 g/mol. The van der Waals surface area contributed by atoms with Crippen LogP contribution in [0.1, 0.15) is 20.8 Å². The highest BCUT2D eigenvalue weighted by atomic mass is 16.3. The van der Waals surface area contributed by atoms with Crippen molar-refractivity contribution in [1.29, 1.82) is 0 Å². The maximum atomic E-state index is 10.6. The number of nitrogens with one attached hydrogen (secondary N) is 1. The summed E-state index contributed by atoms with van der Waals surface area (Å²) in [7, 11) is 0. The number of hydrogen-bond acceptors (Lipinski definition) is 2. The lowest BCUT2D eigenvalue weighted by molar-refractivity contribution is -0.116. The number of rotatable bonds is 2. The first kappa shape index (κ1) is 11.0. The average molecular weight is 169 g/mol. The van der Waals surface area contributed by atoms with Gasteiger partial charge < -0.3 is 10.4 Å². The molecule has 0 aromatic rings. The van der Waals surface area contributed by atoms with Crippen LogP contribution >= 0.6 is 0 Å². The molecule has 1 amide bonds. The third-order valence-electron chi connectivity index (χ3n) is 1.59. The SMILES string of the molecule is C#CC(=O)NCC(O)C(C)(C)C. The molecule has 0 bridgehead atoms. The summed E-state index contributed by atoms with van der Waals surface area (Å²) in [6, 6.07) is 0. The van der Waals surface area contributed by atoms with E-state index in [1.54, 1.807) is 0 Å². The molecular weight excluding hydrogens is 154 g/mol. The number of terminal acetylenes is 1. The fourth-order valence-corrected chi connectivity index (χ4v) is 0.547. The van der Waals surface area contributed by atoms with Gasteiger partial charge in [-0.15, -0.1) is 6.42 Å². The van der Waals surface area contributed by atoms with Gasteiger partial charge in [-0.2, -0.15) is 0 Å². The van der Waals surface area contributed by atoms with E-state index in [1.165, 1.54) is 0 Å². The molecule has 68 valence electrons. The van der Waals surface area contributed by atoms with Crippen LogP contribution < -0.4 is 5.32 Å². The Morgan fingerprint density at radius 3 is 2.50 bits per heavy atom. The maximum absolute atomic E-state index is 10.6. The second-order valence-corrected chi connectivity index (χ2v) is 3.74. The topological polar surface area (TPSA) is 49.3 Å². The molecular formula is C9H15NO2. The van der Waals surface area contributed by atoms with Gasteiger partial charge in [-0.3, -0.25) is 4.79 Å². The molecule has 0 rings (SSSR count). The number of aliphatic hydroxyl groups is 1. The van der Waals surface area contributed by atoms with E-state index in [1.807, 2.05) is 26.7 Å². The van der Waals surface area contributed by atoms with Gasteiger partial charge in [0.25, 0.3) is 5.91 Å². The molecule has 0 aromatic heterocycles. The van der Waals surface area contributed by atoms with Crippen molar-refractivity contribution >= 4 is 5.91 Å². The second kappa shape index (κ2) is 4.13. The van der Waals surface area contributed by atoms with Crippen molar-refractivity contribution in [1.82, 2.24) is 5.32 Å². The normalized spacial score (nSPS) is 13.2. The third kappa shape index (κ3) is 3.99. The molecule has 0 fully saturated rings.